The van der Waals surface area contributed by atoms with Gasteiger partial charge < -0.3 is 15.8 Å². The lowest BCUT2D eigenvalue weighted by Gasteiger charge is -2.23. The van der Waals surface area contributed by atoms with Gasteiger partial charge in [-0.05, 0) is 44.2 Å². The molecule has 1 atom stereocenters. The fourth-order valence-corrected chi connectivity index (χ4v) is 2.33. The average Bonchev–Trinajstić information content (AvgIpc) is 2.34. The van der Waals surface area contributed by atoms with Crippen LogP contribution in [0.5, 0.6) is 0 Å². The van der Waals surface area contributed by atoms with Gasteiger partial charge in [0.15, 0.2) is 0 Å². The molecule has 0 radical (unpaired) electrons. The Morgan fingerprint density at radius 3 is 3.00 bits per heavy atom. The highest BCUT2D eigenvalue weighted by Gasteiger charge is 2.13. The highest BCUT2D eigenvalue weighted by atomic mass is 16.5. The van der Waals surface area contributed by atoms with Gasteiger partial charge in [-0.2, -0.15) is 0 Å². The van der Waals surface area contributed by atoms with E-state index >= 15 is 0 Å². The average molecular weight is 234 g/mol. The van der Waals surface area contributed by atoms with Gasteiger partial charge in [-0.25, -0.2) is 0 Å². The summed E-state index contributed by atoms with van der Waals surface area (Å²) in [6, 6.07) is 6.00. The maximum Gasteiger partial charge on any atom is 0.0603 e. The molecule has 1 unspecified atom stereocenters. The molecule has 3 N–H and O–H groups in total. The number of anilines is 2. The molecule has 3 nitrogen and oxygen atoms in total. The van der Waals surface area contributed by atoms with Crippen molar-refractivity contribution >= 4 is 11.4 Å². The molecule has 0 amide bonds. The quantitative estimate of drug-likeness (QED) is 0.787. The second-order valence-corrected chi connectivity index (χ2v) is 4.74. The Balaban J connectivity index is 1.81. The number of para-hydroxylation sites is 1. The van der Waals surface area contributed by atoms with E-state index in [2.05, 4.69) is 18.3 Å². The Labute approximate surface area is 103 Å². The predicted molar refractivity (Wildman–Crippen MR) is 72.3 cm³/mol. The van der Waals surface area contributed by atoms with Gasteiger partial charge in [0.05, 0.1) is 17.5 Å². The molecule has 1 fully saturated rings. The third kappa shape index (κ3) is 3.37. The zero-order chi connectivity index (χ0) is 12.1. The topological polar surface area (TPSA) is 47.3 Å². The number of benzene rings is 1. The zero-order valence-corrected chi connectivity index (χ0v) is 10.5. The second-order valence-electron chi connectivity index (χ2n) is 4.74. The summed E-state index contributed by atoms with van der Waals surface area (Å²) in [5.74, 6) is 0. The summed E-state index contributed by atoms with van der Waals surface area (Å²) in [7, 11) is 0. The van der Waals surface area contributed by atoms with Gasteiger partial charge in [-0.1, -0.05) is 12.1 Å². The molecular weight excluding hydrogens is 212 g/mol. The fourth-order valence-electron chi connectivity index (χ4n) is 2.33. The summed E-state index contributed by atoms with van der Waals surface area (Å²) >= 11 is 0. The van der Waals surface area contributed by atoms with Gasteiger partial charge in [0.1, 0.15) is 0 Å². The Morgan fingerprint density at radius 1 is 1.41 bits per heavy atom. The Morgan fingerprint density at radius 2 is 2.29 bits per heavy atom. The first-order valence-electron chi connectivity index (χ1n) is 6.48. The Bertz CT molecular complexity index is 339. The molecule has 1 aromatic rings. The van der Waals surface area contributed by atoms with Crippen LogP contribution in [0, 0.1) is 6.92 Å². The van der Waals surface area contributed by atoms with Crippen LogP contribution in [0.2, 0.25) is 0 Å². The number of nitrogen functional groups attached to an aromatic ring is 1. The number of nitrogens with two attached hydrogens (primary N) is 1. The SMILES string of the molecule is Cc1cccc(N)c1NCCC1CCCCO1. The molecule has 1 aliphatic rings. The van der Waals surface area contributed by atoms with Crippen molar-refractivity contribution in [3.63, 3.8) is 0 Å². The van der Waals surface area contributed by atoms with E-state index in [1.54, 1.807) is 0 Å². The molecule has 3 heteroatoms. The summed E-state index contributed by atoms with van der Waals surface area (Å²) in [6.07, 6.45) is 5.21. The molecule has 1 aliphatic heterocycles. The van der Waals surface area contributed by atoms with E-state index in [1.807, 2.05) is 12.1 Å². The number of aryl methyl sites for hydroxylation is 1. The predicted octanol–water partition coefficient (Wildman–Crippen LogP) is 2.95. The van der Waals surface area contributed by atoms with Gasteiger partial charge in [0, 0.05) is 13.2 Å². The van der Waals surface area contributed by atoms with Crippen LogP contribution in [0.15, 0.2) is 18.2 Å². The van der Waals surface area contributed by atoms with Crippen molar-refractivity contribution in [2.24, 2.45) is 0 Å². The van der Waals surface area contributed by atoms with E-state index in [0.29, 0.717) is 6.10 Å². The maximum absolute atomic E-state index is 5.95. The highest BCUT2D eigenvalue weighted by molar-refractivity contribution is 5.69. The number of nitrogens with one attached hydrogen (secondary N) is 1. The fraction of sp³-hybridized carbons (Fsp3) is 0.571. The van der Waals surface area contributed by atoms with E-state index in [0.717, 1.165) is 30.9 Å². The zero-order valence-electron chi connectivity index (χ0n) is 10.5. The van der Waals surface area contributed by atoms with Crippen LogP contribution in [0.4, 0.5) is 11.4 Å². The van der Waals surface area contributed by atoms with Crippen molar-refractivity contribution < 1.29 is 4.74 Å². The number of hydrogen-bond donors (Lipinski definition) is 2. The standard InChI is InChI=1S/C14H22N2O/c1-11-5-4-7-13(15)14(11)16-9-8-12-6-2-3-10-17-12/h4-5,7,12,16H,2-3,6,8-10,15H2,1H3. The number of rotatable bonds is 4. The molecule has 0 bridgehead atoms. The molecule has 0 aliphatic carbocycles. The lowest BCUT2D eigenvalue weighted by Crippen LogP contribution is -2.22. The molecule has 1 aromatic carbocycles. The van der Waals surface area contributed by atoms with Gasteiger partial charge in [0.25, 0.3) is 0 Å². The molecule has 1 heterocycles. The molecule has 17 heavy (non-hydrogen) atoms. The van der Waals surface area contributed by atoms with Crippen molar-refractivity contribution in [1.82, 2.24) is 0 Å². The molecule has 0 spiro atoms. The highest BCUT2D eigenvalue weighted by Crippen LogP contribution is 2.23. The van der Waals surface area contributed by atoms with Crippen molar-refractivity contribution in [1.29, 1.82) is 0 Å². The van der Waals surface area contributed by atoms with Crippen LogP contribution in [0.25, 0.3) is 0 Å². The van der Waals surface area contributed by atoms with E-state index < -0.39 is 0 Å². The monoisotopic (exact) mass is 234 g/mol. The number of ether oxygens (including phenoxy) is 1. The lowest BCUT2D eigenvalue weighted by molar-refractivity contribution is 0.0134. The third-order valence-corrected chi connectivity index (χ3v) is 3.35. The van der Waals surface area contributed by atoms with E-state index in [-0.39, 0.29) is 0 Å². The van der Waals surface area contributed by atoms with Crippen molar-refractivity contribution in [2.45, 2.75) is 38.7 Å². The molecule has 2 rings (SSSR count). The van der Waals surface area contributed by atoms with Crippen molar-refractivity contribution in [2.75, 3.05) is 24.2 Å². The van der Waals surface area contributed by atoms with Crippen LogP contribution in [0.1, 0.15) is 31.2 Å². The van der Waals surface area contributed by atoms with E-state index in [4.69, 9.17) is 10.5 Å². The first kappa shape index (κ1) is 12.2. The summed E-state index contributed by atoms with van der Waals surface area (Å²) in [4.78, 5) is 0. The normalized spacial score (nSPS) is 20.2. The van der Waals surface area contributed by atoms with Crippen LogP contribution in [-0.4, -0.2) is 19.3 Å². The first-order valence-corrected chi connectivity index (χ1v) is 6.48. The lowest BCUT2D eigenvalue weighted by atomic mass is 10.1. The minimum atomic E-state index is 0.432. The molecule has 94 valence electrons. The van der Waals surface area contributed by atoms with Crippen LogP contribution in [-0.2, 0) is 4.74 Å². The summed E-state index contributed by atoms with van der Waals surface area (Å²) in [5.41, 5.74) is 9.05. The largest absolute Gasteiger partial charge is 0.397 e. The Hall–Kier alpha value is -1.22. The van der Waals surface area contributed by atoms with Gasteiger partial charge in [0.2, 0.25) is 0 Å². The van der Waals surface area contributed by atoms with Crippen LogP contribution < -0.4 is 11.1 Å². The smallest absolute Gasteiger partial charge is 0.0603 e. The number of hydrogen-bond acceptors (Lipinski definition) is 3. The van der Waals surface area contributed by atoms with Gasteiger partial charge in [-0.3, -0.25) is 0 Å². The van der Waals surface area contributed by atoms with Crippen molar-refractivity contribution in [3.8, 4) is 0 Å². The first-order chi connectivity index (χ1) is 8.27. The summed E-state index contributed by atoms with van der Waals surface area (Å²) in [5, 5.41) is 3.42. The molecule has 0 saturated carbocycles. The molecule has 0 aromatic heterocycles. The third-order valence-electron chi connectivity index (χ3n) is 3.35. The molecule has 1 saturated heterocycles. The van der Waals surface area contributed by atoms with Crippen LogP contribution in [0.3, 0.4) is 0 Å². The Kier molecular flexibility index (Phi) is 4.26. The molecular formula is C14H22N2O. The minimum Gasteiger partial charge on any atom is -0.397 e. The van der Waals surface area contributed by atoms with Gasteiger partial charge >= 0.3 is 0 Å². The van der Waals surface area contributed by atoms with Gasteiger partial charge in [-0.15, -0.1) is 0 Å². The summed E-state index contributed by atoms with van der Waals surface area (Å²) in [6.45, 7) is 3.94. The summed E-state index contributed by atoms with van der Waals surface area (Å²) < 4.78 is 5.71. The van der Waals surface area contributed by atoms with E-state index in [1.165, 1.54) is 24.8 Å². The van der Waals surface area contributed by atoms with E-state index in [9.17, 15) is 0 Å². The minimum absolute atomic E-state index is 0.432. The van der Waals surface area contributed by atoms with Crippen molar-refractivity contribution in [3.05, 3.63) is 23.8 Å². The van der Waals surface area contributed by atoms with Crippen LogP contribution >= 0.6 is 0 Å². The maximum atomic E-state index is 5.95. The second kappa shape index (κ2) is 5.92.